The smallest absolute Gasteiger partial charge is 0.230 e. The van der Waals surface area contributed by atoms with Crippen molar-refractivity contribution in [1.29, 1.82) is 0 Å². The van der Waals surface area contributed by atoms with Crippen LogP contribution in [0.3, 0.4) is 0 Å². The van der Waals surface area contributed by atoms with Crippen LogP contribution < -0.4 is 10.0 Å². The lowest BCUT2D eigenvalue weighted by Gasteiger charge is -2.38. The molecule has 0 aliphatic carbocycles. The van der Waals surface area contributed by atoms with Gasteiger partial charge < -0.3 is 10.2 Å². The summed E-state index contributed by atoms with van der Waals surface area (Å²) in [6, 6.07) is -0.147. The summed E-state index contributed by atoms with van der Waals surface area (Å²) in [7, 11) is -3.21. The summed E-state index contributed by atoms with van der Waals surface area (Å²) < 4.78 is 25.3. The summed E-state index contributed by atoms with van der Waals surface area (Å²) in [5.41, 5.74) is -0.285. The molecule has 1 amide bonds. The number of hydrogen-bond donors (Lipinski definition) is 2. The molecule has 2 unspecified atom stereocenters. The Kier molecular flexibility index (Phi) is 4.71. The van der Waals surface area contributed by atoms with E-state index >= 15 is 0 Å². The molecule has 0 aromatic rings. The molecule has 2 aliphatic heterocycles. The van der Waals surface area contributed by atoms with Crippen LogP contribution in [0.4, 0.5) is 0 Å². The van der Waals surface area contributed by atoms with Gasteiger partial charge in [-0.3, -0.25) is 4.79 Å². The zero-order valence-corrected chi connectivity index (χ0v) is 13.1. The minimum absolute atomic E-state index is 0.147. The Bertz CT molecular complexity index is 457. The van der Waals surface area contributed by atoms with Gasteiger partial charge in [0.2, 0.25) is 15.9 Å². The molecule has 2 fully saturated rings. The van der Waals surface area contributed by atoms with Crippen LogP contribution in [0, 0.1) is 5.41 Å². The number of hydrogen-bond acceptors (Lipinski definition) is 4. The summed E-state index contributed by atoms with van der Waals surface area (Å²) in [5, 5.41) is 3.27. The predicted molar refractivity (Wildman–Crippen MR) is 77.8 cm³/mol. The highest BCUT2D eigenvalue weighted by atomic mass is 32.2. The molecule has 20 heavy (non-hydrogen) atoms. The van der Waals surface area contributed by atoms with Gasteiger partial charge in [0.05, 0.1) is 11.7 Å². The lowest BCUT2D eigenvalue weighted by atomic mass is 9.82. The van der Waals surface area contributed by atoms with Crippen molar-refractivity contribution >= 4 is 15.9 Å². The van der Waals surface area contributed by atoms with Crippen molar-refractivity contribution in [2.45, 2.75) is 38.6 Å². The molecule has 0 radical (unpaired) electrons. The normalized spacial score (nSPS) is 31.5. The van der Waals surface area contributed by atoms with Gasteiger partial charge in [-0.2, -0.15) is 0 Å². The SMILES string of the molecule is CCC1(C(=O)N2CCCC(NS(C)(=O)=O)C2)CCNC1. The number of piperidine rings is 1. The molecule has 6 nitrogen and oxygen atoms in total. The fourth-order valence-corrected chi connectivity index (χ4v) is 4.07. The minimum atomic E-state index is -3.21. The fraction of sp³-hybridized carbons (Fsp3) is 0.923. The van der Waals surface area contributed by atoms with Crippen LogP contribution in [0.2, 0.25) is 0 Å². The number of amides is 1. The van der Waals surface area contributed by atoms with E-state index in [4.69, 9.17) is 0 Å². The van der Waals surface area contributed by atoms with E-state index in [1.165, 1.54) is 6.26 Å². The van der Waals surface area contributed by atoms with E-state index in [0.29, 0.717) is 6.54 Å². The first kappa shape index (κ1) is 15.7. The number of carbonyl (C=O) groups excluding carboxylic acids is 1. The van der Waals surface area contributed by atoms with E-state index in [0.717, 1.165) is 45.3 Å². The molecule has 2 N–H and O–H groups in total. The highest BCUT2D eigenvalue weighted by Gasteiger charge is 2.43. The maximum atomic E-state index is 12.8. The second-order valence-electron chi connectivity index (χ2n) is 6.04. The third-order valence-electron chi connectivity index (χ3n) is 4.46. The third-order valence-corrected chi connectivity index (χ3v) is 5.23. The monoisotopic (exact) mass is 303 g/mol. The molecule has 2 aliphatic rings. The van der Waals surface area contributed by atoms with Crippen LogP contribution in [0.25, 0.3) is 0 Å². The number of carbonyl (C=O) groups is 1. The highest BCUT2D eigenvalue weighted by Crippen LogP contribution is 2.32. The van der Waals surface area contributed by atoms with Crippen molar-refractivity contribution in [3.8, 4) is 0 Å². The predicted octanol–water partition coefficient (Wildman–Crippen LogP) is -0.0837. The first-order chi connectivity index (χ1) is 9.36. The van der Waals surface area contributed by atoms with Gasteiger partial charge in [-0.25, -0.2) is 13.1 Å². The number of sulfonamides is 1. The van der Waals surface area contributed by atoms with E-state index in [9.17, 15) is 13.2 Å². The quantitative estimate of drug-likeness (QED) is 0.761. The number of rotatable bonds is 4. The summed E-state index contributed by atoms with van der Waals surface area (Å²) >= 11 is 0. The molecule has 0 aromatic carbocycles. The van der Waals surface area contributed by atoms with Gasteiger partial charge in [0.25, 0.3) is 0 Å². The lowest BCUT2D eigenvalue weighted by Crippen LogP contribution is -2.53. The Morgan fingerprint density at radius 1 is 1.50 bits per heavy atom. The number of nitrogens with one attached hydrogen (secondary N) is 2. The summed E-state index contributed by atoms with van der Waals surface area (Å²) in [5.74, 6) is 0.185. The van der Waals surface area contributed by atoms with Crippen molar-refractivity contribution < 1.29 is 13.2 Å². The van der Waals surface area contributed by atoms with Gasteiger partial charge in [0.1, 0.15) is 0 Å². The highest BCUT2D eigenvalue weighted by molar-refractivity contribution is 7.88. The first-order valence-corrected chi connectivity index (χ1v) is 9.23. The zero-order chi connectivity index (χ0) is 14.8. The van der Waals surface area contributed by atoms with Gasteiger partial charge >= 0.3 is 0 Å². The van der Waals surface area contributed by atoms with Gasteiger partial charge in [0.15, 0.2) is 0 Å². The van der Waals surface area contributed by atoms with Crippen molar-refractivity contribution in [1.82, 2.24) is 14.9 Å². The van der Waals surface area contributed by atoms with Crippen LogP contribution in [-0.2, 0) is 14.8 Å². The van der Waals surface area contributed by atoms with E-state index < -0.39 is 10.0 Å². The zero-order valence-electron chi connectivity index (χ0n) is 12.3. The van der Waals surface area contributed by atoms with Crippen LogP contribution >= 0.6 is 0 Å². The van der Waals surface area contributed by atoms with E-state index in [-0.39, 0.29) is 17.4 Å². The Balaban J connectivity index is 2.03. The second-order valence-corrected chi connectivity index (χ2v) is 7.82. The molecule has 7 heteroatoms. The van der Waals surface area contributed by atoms with Crippen molar-refractivity contribution in [3.05, 3.63) is 0 Å². The van der Waals surface area contributed by atoms with E-state index in [1.807, 2.05) is 4.90 Å². The van der Waals surface area contributed by atoms with Crippen molar-refractivity contribution in [2.24, 2.45) is 5.41 Å². The maximum Gasteiger partial charge on any atom is 0.230 e. The standard InChI is InChI=1S/C13H25N3O3S/c1-3-13(6-7-14-10-13)12(17)16-8-4-5-11(9-16)15-20(2,18)19/h11,14-15H,3-10H2,1-2H3. The third kappa shape index (κ3) is 3.51. The Morgan fingerprint density at radius 3 is 2.80 bits per heavy atom. The molecule has 2 heterocycles. The van der Waals surface area contributed by atoms with Crippen LogP contribution in [0.15, 0.2) is 0 Å². The second kappa shape index (κ2) is 5.99. The average Bonchev–Trinajstić information content (AvgIpc) is 2.86. The number of nitrogens with zero attached hydrogens (tertiary/aromatic N) is 1. The molecular formula is C13H25N3O3S. The molecule has 0 bridgehead atoms. The van der Waals surface area contributed by atoms with E-state index in [1.54, 1.807) is 0 Å². The van der Waals surface area contributed by atoms with Gasteiger partial charge in [-0.05, 0) is 32.2 Å². The van der Waals surface area contributed by atoms with Crippen LogP contribution in [-0.4, -0.2) is 57.7 Å². The fourth-order valence-electron chi connectivity index (χ4n) is 3.28. The Morgan fingerprint density at radius 2 is 2.25 bits per heavy atom. The molecule has 0 spiro atoms. The minimum Gasteiger partial charge on any atom is -0.341 e. The largest absolute Gasteiger partial charge is 0.341 e. The maximum absolute atomic E-state index is 12.8. The van der Waals surface area contributed by atoms with Crippen LogP contribution in [0.1, 0.15) is 32.6 Å². The summed E-state index contributed by atoms with van der Waals surface area (Å²) in [6.45, 7) is 4.92. The van der Waals surface area contributed by atoms with E-state index in [2.05, 4.69) is 17.0 Å². The molecule has 2 saturated heterocycles. The Labute approximate surface area is 121 Å². The summed E-state index contributed by atoms with van der Waals surface area (Å²) in [4.78, 5) is 14.6. The lowest BCUT2D eigenvalue weighted by molar-refractivity contribution is -0.142. The molecule has 0 saturated carbocycles. The average molecular weight is 303 g/mol. The Hall–Kier alpha value is -0.660. The van der Waals surface area contributed by atoms with Crippen molar-refractivity contribution in [2.75, 3.05) is 32.4 Å². The summed E-state index contributed by atoms with van der Waals surface area (Å²) in [6.07, 6.45) is 4.53. The number of likely N-dealkylation sites (tertiary alicyclic amines) is 1. The topological polar surface area (TPSA) is 78.5 Å². The molecular weight excluding hydrogens is 278 g/mol. The first-order valence-electron chi connectivity index (χ1n) is 7.34. The molecule has 116 valence electrons. The molecule has 2 atom stereocenters. The van der Waals surface area contributed by atoms with Crippen molar-refractivity contribution in [3.63, 3.8) is 0 Å². The van der Waals surface area contributed by atoms with Crippen LogP contribution in [0.5, 0.6) is 0 Å². The molecule has 0 aromatic heterocycles. The van der Waals surface area contributed by atoms with Gasteiger partial charge in [-0.15, -0.1) is 0 Å². The van der Waals surface area contributed by atoms with Gasteiger partial charge in [0, 0.05) is 25.7 Å². The molecule has 2 rings (SSSR count). The van der Waals surface area contributed by atoms with Gasteiger partial charge in [-0.1, -0.05) is 6.92 Å².